The van der Waals surface area contributed by atoms with Crippen molar-refractivity contribution in [2.45, 2.75) is 40.2 Å². The summed E-state index contributed by atoms with van der Waals surface area (Å²) >= 11 is 0. The molecule has 0 bridgehead atoms. The number of anilines is 1. The zero-order valence-electron chi connectivity index (χ0n) is 17.9. The highest BCUT2D eigenvalue weighted by atomic mass is 19.1. The third-order valence-corrected chi connectivity index (χ3v) is 5.60. The first-order chi connectivity index (χ1) is 14.3. The van der Waals surface area contributed by atoms with Gasteiger partial charge < -0.3 is 14.5 Å². The maximum Gasteiger partial charge on any atom is 0.228 e. The smallest absolute Gasteiger partial charge is 0.228 e. The first-order valence-electron chi connectivity index (χ1n) is 10.6. The van der Waals surface area contributed by atoms with E-state index in [1.165, 1.54) is 12.1 Å². The van der Waals surface area contributed by atoms with Crippen LogP contribution >= 0.6 is 0 Å². The summed E-state index contributed by atoms with van der Waals surface area (Å²) in [4.78, 5) is 26.8. The Bertz CT molecular complexity index is 918. The first kappa shape index (κ1) is 20.7. The molecule has 1 amide bonds. The van der Waals surface area contributed by atoms with E-state index in [0.29, 0.717) is 39.1 Å². The molecule has 160 valence electrons. The van der Waals surface area contributed by atoms with Crippen LogP contribution in [0.5, 0.6) is 0 Å². The molecule has 0 saturated carbocycles. The van der Waals surface area contributed by atoms with E-state index < -0.39 is 5.41 Å². The van der Waals surface area contributed by atoms with Gasteiger partial charge in [-0.15, -0.1) is 0 Å². The molecule has 3 heterocycles. The second-order valence-electron chi connectivity index (χ2n) is 9.02. The molecule has 2 aliphatic heterocycles. The molecular weight excluding hydrogens is 383 g/mol. The number of morpholine rings is 1. The van der Waals surface area contributed by atoms with Crippen molar-refractivity contribution in [1.29, 1.82) is 0 Å². The number of rotatable bonds is 3. The van der Waals surface area contributed by atoms with Crippen LogP contribution in [0.1, 0.15) is 43.4 Å². The lowest BCUT2D eigenvalue weighted by atomic mass is 9.93. The number of aromatic nitrogens is 2. The third-order valence-electron chi connectivity index (χ3n) is 5.60. The molecule has 6 nitrogen and oxygen atoms in total. The van der Waals surface area contributed by atoms with Crippen LogP contribution in [0.15, 0.2) is 24.3 Å². The monoisotopic (exact) mass is 412 g/mol. The lowest BCUT2D eigenvalue weighted by Gasteiger charge is -2.36. The number of nitrogens with zero attached hydrogens (tertiary/aromatic N) is 4. The Hall–Kier alpha value is -2.54. The highest BCUT2D eigenvalue weighted by Gasteiger charge is 2.32. The summed E-state index contributed by atoms with van der Waals surface area (Å²) in [6, 6.07) is 6.48. The van der Waals surface area contributed by atoms with Gasteiger partial charge in [0.25, 0.3) is 0 Å². The molecule has 4 rings (SSSR count). The fourth-order valence-corrected chi connectivity index (χ4v) is 3.99. The second kappa shape index (κ2) is 8.30. The fraction of sp³-hybridized carbons (Fsp3) is 0.522. The van der Waals surface area contributed by atoms with Crippen LogP contribution in [0, 0.1) is 11.2 Å². The minimum atomic E-state index is -0.417. The predicted molar refractivity (Wildman–Crippen MR) is 113 cm³/mol. The SMILES string of the molecule is CC(C)(C)C(=O)N1CCc2nc(Cc3ccc(F)cc3)nc(N3CCOCC3)c2C1. The molecule has 2 aliphatic rings. The summed E-state index contributed by atoms with van der Waals surface area (Å²) in [5.41, 5.74) is 2.62. The van der Waals surface area contributed by atoms with Crippen LogP contribution in [0.2, 0.25) is 0 Å². The van der Waals surface area contributed by atoms with Crippen molar-refractivity contribution in [3.63, 3.8) is 0 Å². The zero-order chi connectivity index (χ0) is 21.3. The lowest BCUT2D eigenvalue weighted by Crippen LogP contribution is -2.44. The van der Waals surface area contributed by atoms with Crippen molar-refractivity contribution in [3.8, 4) is 0 Å². The summed E-state index contributed by atoms with van der Waals surface area (Å²) in [5.74, 6) is 1.54. The van der Waals surface area contributed by atoms with Gasteiger partial charge in [0, 0.05) is 43.5 Å². The summed E-state index contributed by atoms with van der Waals surface area (Å²) in [7, 11) is 0. The maximum absolute atomic E-state index is 13.3. The molecular formula is C23H29FN4O2. The number of hydrogen-bond acceptors (Lipinski definition) is 5. The normalized spacial score (nSPS) is 17.1. The molecule has 0 N–H and O–H groups in total. The summed E-state index contributed by atoms with van der Waals surface area (Å²) in [6.07, 6.45) is 1.27. The molecule has 1 fully saturated rings. The standard InChI is InChI=1S/C23H29FN4O2/c1-23(2,3)22(29)28-9-8-19-18(15-28)21(27-10-12-30-13-11-27)26-20(25-19)14-16-4-6-17(24)7-5-16/h4-7H,8-15H2,1-3H3. The van der Waals surface area contributed by atoms with E-state index in [1.54, 1.807) is 12.1 Å². The van der Waals surface area contributed by atoms with E-state index in [2.05, 4.69) is 4.90 Å². The van der Waals surface area contributed by atoms with Gasteiger partial charge in [-0.1, -0.05) is 32.9 Å². The van der Waals surface area contributed by atoms with Crippen LogP contribution in [0.3, 0.4) is 0 Å². The van der Waals surface area contributed by atoms with Crippen LogP contribution in [0.25, 0.3) is 0 Å². The van der Waals surface area contributed by atoms with Crippen LogP contribution in [-0.2, 0) is 28.9 Å². The van der Waals surface area contributed by atoms with Gasteiger partial charge in [-0.3, -0.25) is 4.79 Å². The average Bonchev–Trinajstić information content (AvgIpc) is 2.74. The number of fused-ring (bicyclic) bond motifs is 1. The molecule has 2 aromatic rings. The Morgan fingerprint density at radius 3 is 2.47 bits per heavy atom. The van der Waals surface area contributed by atoms with Gasteiger partial charge in [-0.2, -0.15) is 0 Å². The summed E-state index contributed by atoms with van der Waals surface area (Å²) in [6.45, 7) is 9.93. The van der Waals surface area contributed by atoms with Gasteiger partial charge in [0.05, 0.1) is 25.5 Å². The number of amides is 1. The molecule has 0 unspecified atom stereocenters. The minimum Gasteiger partial charge on any atom is -0.378 e. The fourth-order valence-electron chi connectivity index (χ4n) is 3.99. The Balaban J connectivity index is 1.67. The van der Waals surface area contributed by atoms with E-state index >= 15 is 0 Å². The van der Waals surface area contributed by atoms with Crippen molar-refractivity contribution in [2.75, 3.05) is 37.7 Å². The Morgan fingerprint density at radius 2 is 1.80 bits per heavy atom. The number of carbonyl (C=O) groups is 1. The van der Waals surface area contributed by atoms with Crippen LogP contribution in [0.4, 0.5) is 10.2 Å². The molecule has 0 aliphatic carbocycles. The second-order valence-corrected chi connectivity index (χ2v) is 9.02. The highest BCUT2D eigenvalue weighted by Crippen LogP contribution is 2.30. The largest absolute Gasteiger partial charge is 0.378 e. The van der Waals surface area contributed by atoms with Gasteiger partial charge in [-0.05, 0) is 17.7 Å². The van der Waals surface area contributed by atoms with Crippen LogP contribution in [-0.4, -0.2) is 53.6 Å². The highest BCUT2D eigenvalue weighted by molar-refractivity contribution is 5.82. The Kier molecular flexibility index (Phi) is 5.73. The topological polar surface area (TPSA) is 58.6 Å². The number of halogens is 1. The third kappa shape index (κ3) is 4.46. The van der Waals surface area contributed by atoms with E-state index in [9.17, 15) is 9.18 Å². The van der Waals surface area contributed by atoms with Gasteiger partial charge in [-0.25, -0.2) is 14.4 Å². The Labute approximate surface area is 177 Å². The van der Waals surface area contributed by atoms with Gasteiger partial charge in [0.2, 0.25) is 5.91 Å². The summed E-state index contributed by atoms with van der Waals surface area (Å²) in [5, 5.41) is 0. The van der Waals surface area contributed by atoms with Crippen molar-refractivity contribution >= 4 is 11.7 Å². The molecule has 0 radical (unpaired) electrons. The van der Waals surface area contributed by atoms with E-state index in [-0.39, 0.29) is 11.7 Å². The minimum absolute atomic E-state index is 0.150. The van der Waals surface area contributed by atoms with Gasteiger partial charge in [0.15, 0.2) is 0 Å². The maximum atomic E-state index is 13.3. The number of benzene rings is 1. The molecule has 1 aromatic carbocycles. The number of carbonyl (C=O) groups excluding carboxylic acids is 1. The van der Waals surface area contributed by atoms with Crippen molar-refractivity contribution in [2.24, 2.45) is 5.41 Å². The van der Waals surface area contributed by atoms with E-state index in [4.69, 9.17) is 14.7 Å². The van der Waals surface area contributed by atoms with Crippen LogP contribution < -0.4 is 4.90 Å². The molecule has 0 atom stereocenters. The first-order valence-corrected chi connectivity index (χ1v) is 10.6. The van der Waals surface area contributed by atoms with E-state index in [0.717, 1.165) is 41.6 Å². The molecule has 1 saturated heterocycles. The van der Waals surface area contributed by atoms with E-state index in [1.807, 2.05) is 25.7 Å². The number of ether oxygens (including phenoxy) is 1. The molecule has 30 heavy (non-hydrogen) atoms. The van der Waals surface area contributed by atoms with Gasteiger partial charge >= 0.3 is 0 Å². The molecule has 1 aromatic heterocycles. The van der Waals surface area contributed by atoms with Crippen molar-refractivity contribution in [1.82, 2.24) is 14.9 Å². The Morgan fingerprint density at radius 1 is 1.10 bits per heavy atom. The summed E-state index contributed by atoms with van der Waals surface area (Å²) < 4.78 is 18.8. The van der Waals surface area contributed by atoms with Crippen molar-refractivity contribution < 1.29 is 13.9 Å². The molecule has 7 heteroatoms. The van der Waals surface area contributed by atoms with Crippen molar-refractivity contribution in [3.05, 3.63) is 52.7 Å². The zero-order valence-corrected chi connectivity index (χ0v) is 17.9. The quantitative estimate of drug-likeness (QED) is 0.776. The van der Waals surface area contributed by atoms with Gasteiger partial charge in [0.1, 0.15) is 17.5 Å². The number of hydrogen-bond donors (Lipinski definition) is 0. The molecule has 0 spiro atoms. The lowest BCUT2D eigenvalue weighted by molar-refractivity contribution is -0.140. The predicted octanol–water partition coefficient (Wildman–Crippen LogP) is 2.97. The average molecular weight is 413 g/mol.